The molecule has 0 spiro atoms. The lowest BCUT2D eigenvalue weighted by atomic mass is 9.91. The van der Waals surface area contributed by atoms with Crippen LogP contribution in [0.1, 0.15) is 159 Å². The maximum absolute atomic E-state index is 14.6. The fourth-order valence-corrected chi connectivity index (χ4v) is 9.69. The van der Waals surface area contributed by atoms with Gasteiger partial charge in [-0.05, 0) is 61.8 Å². The van der Waals surface area contributed by atoms with Crippen LogP contribution < -0.4 is 20.5 Å². The van der Waals surface area contributed by atoms with Gasteiger partial charge in [-0.1, -0.05) is 139 Å². The van der Waals surface area contributed by atoms with E-state index in [1.165, 1.54) is 76.2 Å². The van der Waals surface area contributed by atoms with Crippen molar-refractivity contribution in [2.24, 2.45) is 5.92 Å². The van der Waals surface area contributed by atoms with Crippen LogP contribution in [-0.2, 0) is 47.9 Å². The number of ketones is 1. The number of hydrogen-bond donors (Lipinski definition) is 6. The Labute approximate surface area is 390 Å². The molecule has 362 valence electrons. The molecular formula is C50H73N6O9P. The van der Waals surface area contributed by atoms with Crippen LogP contribution in [0.3, 0.4) is 0 Å². The molecule has 2 aliphatic rings. The average molecular weight is 933 g/mol. The zero-order chi connectivity index (χ0) is 47.2. The van der Waals surface area contributed by atoms with Crippen molar-refractivity contribution in [3.63, 3.8) is 0 Å². The molecule has 0 bridgehead atoms. The maximum Gasteiger partial charge on any atom is 0.524 e. The second-order valence-corrected chi connectivity index (χ2v) is 19.4. The SMILES string of the molecule is CCCCCCCCCCCCCCCC(=O)C[C@@H](Cc1ccc(OP(=O)(O)O)cc1)C(=O)NC1CCCC[C@H]2CC[C@@H](C(=O)N[C@@H](Cc3cnc[nH]3)C(=O)NCc3ccccc3)N2C1=O. The number of hydrogen-bond acceptors (Lipinski definition) is 8. The Balaban J connectivity index is 1.20. The highest BCUT2D eigenvalue weighted by Gasteiger charge is 2.45. The number of fused-ring (bicyclic) bond motifs is 1. The molecule has 4 amide bonds. The highest BCUT2D eigenvalue weighted by molar-refractivity contribution is 7.46. The van der Waals surface area contributed by atoms with Crippen molar-refractivity contribution in [2.45, 2.75) is 185 Å². The number of nitrogens with one attached hydrogen (secondary N) is 4. The van der Waals surface area contributed by atoms with Crippen molar-refractivity contribution in [3.05, 3.63) is 83.9 Å². The molecule has 2 fully saturated rings. The van der Waals surface area contributed by atoms with Crippen LogP contribution in [0.15, 0.2) is 67.1 Å². The number of H-pyrrole nitrogens is 1. The van der Waals surface area contributed by atoms with Gasteiger partial charge >= 0.3 is 7.82 Å². The molecule has 5 atom stereocenters. The third-order valence-electron chi connectivity index (χ3n) is 12.9. The van der Waals surface area contributed by atoms with Gasteiger partial charge in [-0.3, -0.25) is 33.8 Å². The van der Waals surface area contributed by atoms with Gasteiger partial charge in [-0.2, -0.15) is 0 Å². The summed E-state index contributed by atoms with van der Waals surface area (Å²) < 4.78 is 16.1. The lowest BCUT2D eigenvalue weighted by molar-refractivity contribution is -0.145. The summed E-state index contributed by atoms with van der Waals surface area (Å²) in [5, 5.41) is 8.86. The van der Waals surface area contributed by atoms with Crippen molar-refractivity contribution in [1.82, 2.24) is 30.8 Å². The summed E-state index contributed by atoms with van der Waals surface area (Å²) in [4.78, 5) is 97.3. The Morgan fingerprint density at radius 1 is 0.803 bits per heavy atom. The Kier molecular flexibility index (Phi) is 21.9. The van der Waals surface area contributed by atoms with Crippen molar-refractivity contribution in [3.8, 4) is 5.75 Å². The first-order valence-corrected chi connectivity index (χ1v) is 26.0. The van der Waals surface area contributed by atoms with Crippen molar-refractivity contribution in [1.29, 1.82) is 0 Å². The summed E-state index contributed by atoms with van der Waals surface area (Å²) in [6, 6.07) is 12.5. The summed E-state index contributed by atoms with van der Waals surface area (Å²) in [7, 11) is -4.78. The number of rotatable bonds is 29. The third kappa shape index (κ3) is 18.1. The number of nitrogens with zero attached hydrogens (tertiary/aromatic N) is 2. The fourth-order valence-electron chi connectivity index (χ4n) is 9.30. The minimum atomic E-state index is -4.78. The lowest BCUT2D eigenvalue weighted by Gasteiger charge is -2.36. The largest absolute Gasteiger partial charge is 0.524 e. The molecular weight excluding hydrogens is 860 g/mol. The predicted octanol–water partition coefficient (Wildman–Crippen LogP) is 7.94. The molecule has 3 aromatic rings. The molecule has 0 saturated carbocycles. The first-order chi connectivity index (χ1) is 31.9. The first kappa shape index (κ1) is 52.1. The number of aromatic nitrogens is 2. The van der Waals surface area contributed by atoms with Crippen LogP contribution in [0, 0.1) is 5.92 Å². The highest BCUT2D eigenvalue weighted by Crippen LogP contribution is 2.37. The van der Waals surface area contributed by atoms with Crippen LogP contribution in [0.4, 0.5) is 0 Å². The molecule has 15 nitrogen and oxygen atoms in total. The zero-order valence-electron chi connectivity index (χ0n) is 38.8. The van der Waals surface area contributed by atoms with E-state index in [-0.39, 0.29) is 55.2 Å². The van der Waals surface area contributed by atoms with Crippen LogP contribution in [0.2, 0.25) is 0 Å². The number of Topliss-reactive ketones (excluding diaryl/α,β-unsaturated/α-hetero) is 1. The Morgan fingerprint density at radius 2 is 1.45 bits per heavy atom. The number of benzene rings is 2. The highest BCUT2D eigenvalue weighted by atomic mass is 31.2. The second kappa shape index (κ2) is 27.7. The van der Waals surface area contributed by atoms with Gasteiger partial charge in [0.05, 0.1) is 6.33 Å². The molecule has 2 saturated heterocycles. The maximum atomic E-state index is 14.6. The van der Waals surface area contributed by atoms with E-state index < -0.39 is 43.7 Å². The molecule has 2 aliphatic heterocycles. The average Bonchev–Trinajstić information content (AvgIpc) is 3.97. The predicted molar refractivity (Wildman–Crippen MR) is 253 cm³/mol. The summed E-state index contributed by atoms with van der Waals surface area (Å²) >= 11 is 0. The number of amides is 4. The topological polar surface area (TPSA) is 220 Å². The second-order valence-electron chi connectivity index (χ2n) is 18.2. The monoisotopic (exact) mass is 933 g/mol. The zero-order valence-corrected chi connectivity index (χ0v) is 39.7. The standard InChI is InChI=1S/C50H73N6O9P/c1-2-3-4-5-6-7-8-9-10-11-12-13-17-23-42(57)32-39(31-37-25-28-43(29-26-37)65-66(62,63)64)47(58)54-44-24-19-18-22-41-27-30-46(56(41)50(44)61)49(60)55-45(33-40-35-51-36-53-40)48(59)52-34-38-20-15-14-16-21-38/h14-16,20-21,25-26,28-29,35-36,39,41,44-46H,2-13,17-19,22-24,27,30-34H2,1H3,(H,51,53)(H,52,59)(H,54,58)(H,55,60)(H2,62,63,64)/t39-,41+,44?,45+,46+/m1/s1. The minimum Gasteiger partial charge on any atom is -0.404 e. The molecule has 6 N–H and O–H groups in total. The van der Waals surface area contributed by atoms with Gasteiger partial charge in [0.25, 0.3) is 0 Å². The number of unbranched alkanes of at least 4 members (excludes halogenated alkanes) is 12. The molecule has 5 rings (SSSR count). The molecule has 16 heteroatoms. The molecule has 0 radical (unpaired) electrons. The van der Waals surface area contributed by atoms with Crippen LogP contribution in [0.5, 0.6) is 5.75 Å². The van der Waals surface area contributed by atoms with Crippen LogP contribution in [0.25, 0.3) is 0 Å². The van der Waals surface area contributed by atoms with E-state index in [0.29, 0.717) is 49.8 Å². The van der Waals surface area contributed by atoms with Crippen LogP contribution >= 0.6 is 7.82 Å². The van der Waals surface area contributed by atoms with Gasteiger partial charge in [0.2, 0.25) is 23.6 Å². The summed E-state index contributed by atoms with van der Waals surface area (Å²) in [5.41, 5.74) is 2.22. The van der Waals surface area contributed by atoms with E-state index in [2.05, 4.69) is 32.8 Å². The van der Waals surface area contributed by atoms with E-state index in [4.69, 9.17) is 4.52 Å². The Bertz CT molecular complexity index is 1990. The number of carbonyl (C=O) groups excluding carboxylic acids is 5. The smallest absolute Gasteiger partial charge is 0.404 e. The first-order valence-electron chi connectivity index (χ1n) is 24.5. The Hall–Kier alpha value is -4.85. The number of phosphoric ester groups is 1. The normalized spacial score (nSPS) is 18.4. The quantitative estimate of drug-likeness (QED) is 0.0291. The molecule has 0 aliphatic carbocycles. The third-order valence-corrected chi connectivity index (χ3v) is 13.4. The number of aromatic amines is 1. The molecule has 2 aromatic carbocycles. The minimum absolute atomic E-state index is 0.0346. The van der Waals surface area contributed by atoms with E-state index in [0.717, 1.165) is 37.7 Å². The van der Waals surface area contributed by atoms with Gasteiger partial charge in [0.15, 0.2) is 0 Å². The number of phosphoric acid groups is 1. The van der Waals surface area contributed by atoms with Gasteiger partial charge in [0, 0.05) is 49.7 Å². The van der Waals surface area contributed by atoms with E-state index in [1.54, 1.807) is 23.2 Å². The van der Waals surface area contributed by atoms with Gasteiger partial charge in [-0.15, -0.1) is 0 Å². The van der Waals surface area contributed by atoms with Crippen molar-refractivity contribution in [2.75, 3.05) is 0 Å². The molecule has 66 heavy (non-hydrogen) atoms. The van der Waals surface area contributed by atoms with Crippen molar-refractivity contribution >= 4 is 37.2 Å². The number of imidazole rings is 1. The summed E-state index contributed by atoms with van der Waals surface area (Å²) in [6.07, 6.45) is 22.8. The van der Waals surface area contributed by atoms with Crippen molar-refractivity contribution < 1.29 is 42.8 Å². The molecule has 3 heterocycles. The van der Waals surface area contributed by atoms with E-state index >= 15 is 0 Å². The fraction of sp³-hybridized carbons (Fsp3) is 0.600. The van der Waals surface area contributed by atoms with Crippen LogP contribution in [-0.4, -0.2) is 78.2 Å². The number of carbonyl (C=O) groups is 5. The van der Waals surface area contributed by atoms with E-state index in [9.17, 15) is 38.3 Å². The van der Waals surface area contributed by atoms with Gasteiger partial charge < -0.3 is 30.4 Å². The van der Waals surface area contributed by atoms with Gasteiger partial charge in [-0.25, -0.2) is 9.55 Å². The van der Waals surface area contributed by atoms with E-state index in [1.807, 2.05) is 30.3 Å². The summed E-state index contributed by atoms with van der Waals surface area (Å²) in [5.74, 6) is -2.53. The summed E-state index contributed by atoms with van der Waals surface area (Å²) in [6.45, 7) is 2.51. The molecule has 1 aromatic heterocycles. The lowest BCUT2D eigenvalue weighted by Crippen LogP contribution is -2.59. The molecule has 1 unspecified atom stereocenters. The van der Waals surface area contributed by atoms with Gasteiger partial charge in [0.1, 0.15) is 29.7 Å². The Morgan fingerprint density at radius 3 is 2.09 bits per heavy atom.